The number of hydrogen-bond acceptors (Lipinski definition) is 3. The number of benzene rings is 1. The summed E-state index contributed by atoms with van der Waals surface area (Å²) in [6.45, 7) is 2.04. The lowest BCUT2D eigenvalue weighted by Crippen LogP contribution is -2.15. The number of para-hydroxylation sites is 1. The Hall–Kier alpha value is -1.55. The van der Waals surface area contributed by atoms with Crippen LogP contribution in [0.5, 0.6) is 0 Å². The SMILES string of the molecule is Cc1cs/c(=N/N)n1-c1ccccc1. The topological polar surface area (TPSA) is 43.3 Å². The molecule has 0 aliphatic rings. The molecule has 1 aromatic heterocycles. The quantitative estimate of drug-likeness (QED) is 0.558. The van der Waals surface area contributed by atoms with Gasteiger partial charge in [-0.15, -0.1) is 11.3 Å². The lowest BCUT2D eigenvalue weighted by Gasteiger charge is -2.04. The molecule has 0 amide bonds. The van der Waals surface area contributed by atoms with E-state index in [4.69, 9.17) is 5.84 Å². The van der Waals surface area contributed by atoms with Gasteiger partial charge < -0.3 is 5.84 Å². The van der Waals surface area contributed by atoms with Crippen molar-refractivity contribution in [3.63, 3.8) is 0 Å². The minimum atomic E-state index is 0.814. The highest BCUT2D eigenvalue weighted by Crippen LogP contribution is 2.09. The molecule has 0 aliphatic carbocycles. The van der Waals surface area contributed by atoms with Crippen molar-refractivity contribution in [1.82, 2.24) is 4.57 Å². The maximum atomic E-state index is 5.32. The lowest BCUT2D eigenvalue weighted by molar-refractivity contribution is 0.926. The van der Waals surface area contributed by atoms with E-state index < -0.39 is 0 Å². The first-order chi connectivity index (χ1) is 6.83. The minimum absolute atomic E-state index is 0.814. The number of nitrogens with two attached hydrogens (primary N) is 1. The van der Waals surface area contributed by atoms with Crippen LogP contribution in [-0.2, 0) is 0 Å². The average molecular weight is 205 g/mol. The molecule has 0 atom stereocenters. The normalized spacial score (nSPS) is 11.9. The lowest BCUT2D eigenvalue weighted by atomic mass is 10.3. The molecule has 3 nitrogen and oxygen atoms in total. The van der Waals surface area contributed by atoms with Crippen molar-refractivity contribution in [3.8, 4) is 5.69 Å². The first-order valence-corrected chi connectivity index (χ1v) is 5.17. The molecule has 0 aliphatic heterocycles. The summed E-state index contributed by atoms with van der Waals surface area (Å²) in [5, 5.41) is 5.79. The summed E-state index contributed by atoms with van der Waals surface area (Å²) in [6, 6.07) is 10.1. The first-order valence-electron chi connectivity index (χ1n) is 4.29. The highest BCUT2D eigenvalue weighted by atomic mass is 32.1. The minimum Gasteiger partial charge on any atom is -0.320 e. The molecule has 1 aromatic carbocycles. The molecule has 0 saturated heterocycles. The highest BCUT2D eigenvalue weighted by molar-refractivity contribution is 7.07. The molecule has 4 heteroatoms. The van der Waals surface area contributed by atoms with Gasteiger partial charge in [-0.25, -0.2) is 0 Å². The second-order valence-electron chi connectivity index (χ2n) is 2.96. The molecule has 72 valence electrons. The molecule has 0 saturated carbocycles. The van der Waals surface area contributed by atoms with Crippen LogP contribution in [0.3, 0.4) is 0 Å². The average Bonchev–Trinajstić information content (AvgIpc) is 2.61. The van der Waals surface area contributed by atoms with E-state index in [1.807, 2.05) is 47.2 Å². The number of nitrogens with zero attached hydrogens (tertiary/aromatic N) is 2. The zero-order chi connectivity index (χ0) is 9.97. The molecule has 0 fully saturated rings. The maximum absolute atomic E-state index is 5.32. The summed E-state index contributed by atoms with van der Waals surface area (Å²) in [4.78, 5) is 0.814. The van der Waals surface area contributed by atoms with Gasteiger partial charge in [0.2, 0.25) is 4.80 Å². The molecule has 2 N–H and O–H groups in total. The summed E-state index contributed by atoms with van der Waals surface area (Å²) in [6.07, 6.45) is 0. The number of thiazole rings is 1. The zero-order valence-corrected chi connectivity index (χ0v) is 8.66. The fourth-order valence-electron chi connectivity index (χ4n) is 1.37. The fourth-order valence-corrected chi connectivity index (χ4v) is 2.17. The van der Waals surface area contributed by atoms with Gasteiger partial charge in [-0.2, -0.15) is 5.10 Å². The Morgan fingerprint density at radius 1 is 1.29 bits per heavy atom. The van der Waals surface area contributed by atoms with Crippen LogP contribution >= 0.6 is 11.3 Å². The van der Waals surface area contributed by atoms with Gasteiger partial charge in [-0.05, 0) is 19.1 Å². The Morgan fingerprint density at radius 3 is 2.64 bits per heavy atom. The second kappa shape index (κ2) is 3.67. The summed E-state index contributed by atoms with van der Waals surface area (Å²) in [5.74, 6) is 5.32. The van der Waals surface area contributed by atoms with Crippen LogP contribution in [0, 0.1) is 6.92 Å². The summed E-state index contributed by atoms with van der Waals surface area (Å²) in [7, 11) is 0. The van der Waals surface area contributed by atoms with E-state index >= 15 is 0 Å². The van der Waals surface area contributed by atoms with Crippen molar-refractivity contribution in [3.05, 3.63) is 46.2 Å². The predicted molar refractivity (Wildman–Crippen MR) is 58.1 cm³/mol. The summed E-state index contributed by atoms with van der Waals surface area (Å²) in [5.41, 5.74) is 2.24. The fraction of sp³-hybridized carbons (Fsp3) is 0.100. The molecule has 0 unspecified atom stereocenters. The van der Waals surface area contributed by atoms with Gasteiger partial charge in [-0.1, -0.05) is 18.2 Å². The van der Waals surface area contributed by atoms with Gasteiger partial charge in [0.25, 0.3) is 0 Å². The number of rotatable bonds is 1. The van der Waals surface area contributed by atoms with Crippen molar-refractivity contribution in [2.45, 2.75) is 6.92 Å². The standard InChI is InChI=1S/C10H11N3S/c1-8-7-14-10(12-11)13(8)9-5-3-2-4-6-9/h2-7H,11H2,1H3/b12-10+. The van der Waals surface area contributed by atoms with Crippen LogP contribution in [0.25, 0.3) is 5.69 Å². The van der Waals surface area contributed by atoms with Crippen LogP contribution < -0.4 is 10.6 Å². The van der Waals surface area contributed by atoms with Gasteiger partial charge in [0.05, 0.1) is 0 Å². The van der Waals surface area contributed by atoms with Crippen molar-refractivity contribution in [1.29, 1.82) is 0 Å². The van der Waals surface area contributed by atoms with Crippen molar-refractivity contribution < 1.29 is 0 Å². The van der Waals surface area contributed by atoms with Crippen molar-refractivity contribution in [2.24, 2.45) is 10.9 Å². The van der Waals surface area contributed by atoms with Gasteiger partial charge in [0.1, 0.15) is 0 Å². The van der Waals surface area contributed by atoms with E-state index in [1.54, 1.807) is 11.3 Å². The number of aryl methyl sites for hydroxylation is 1. The van der Waals surface area contributed by atoms with Gasteiger partial charge in [0, 0.05) is 16.8 Å². The second-order valence-corrected chi connectivity index (χ2v) is 3.80. The first kappa shape index (κ1) is 9.02. The molecule has 2 aromatic rings. The monoisotopic (exact) mass is 205 g/mol. The zero-order valence-electron chi connectivity index (χ0n) is 7.84. The van der Waals surface area contributed by atoms with E-state index in [-0.39, 0.29) is 0 Å². The van der Waals surface area contributed by atoms with E-state index in [9.17, 15) is 0 Å². The Balaban J connectivity index is 2.68. The Labute approximate surface area is 86.1 Å². The number of hydrogen-bond donors (Lipinski definition) is 1. The molecular formula is C10H11N3S. The predicted octanol–water partition coefficient (Wildman–Crippen LogP) is 1.62. The molecular weight excluding hydrogens is 194 g/mol. The van der Waals surface area contributed by atoms with Crippen LogP contribution in [0.2, 0.25) is 0 Å². The van der Waals surface area contributed by atoms with Crippen LogP contribution in [0.4, 0.5) is 0 Å². The molecule has 0 spiro atoms. The Morgan fingerprint density at radius 2 is 2.00 bits per heavy atom. The molecule has 2 rings (SSSR count). The van der Waals surface area contributed by atoms with Crippen molar-refractivity contribution >= 4 is 11.3 Å². The van der Waals surface area contributed by atoms with Crippen LogP contribution in [-0.4, -0.2) is 4.57 Å². The maximum Gasteiger partial charge on any atom is 0.212 e. The Bertz CT molecular complexity index is 482. The van der Waals surface area contributed by atoms with Crippen molar-refractivity contribution in [2.75, 3.05) is 0 Å². The summed E-state index contributed by atoms with van der Waals surface area (Å²) < 4.78 is 2.03. The Kier molecular flexibility index (Phi) is 2.37. The van der Waals surface area contributed by atoms with E-state index in [2.05, 4.69) is 5.10 Å². The third-order valence-electron chi connectivity index (χ3n) is 2.00. The third-order valence-corrected chi connectivity index (χ3v) is 2.96. The molecule has 0 radical (unpaired) electrons. The molecule has 0 bridgehead atoms. The van der Waals surface area contributed by atoms with E-state index in [1.165, 1.54) is 0 Å². The molecule has 1 heterocycles. The van der Waals surface area contributed by atoms with Crippen LogP contribution in [0.1, 0.15) is 5.69 Å². The van der Waals surface area contributed by atoms with E-state index in [0.29, 0.717) is 0 Å². The van der Waals surface area contributed by atoms with Gasteiger partial charge in [-0.3, -0.25) is 4.57 Å². The smallest absolute Gasteiger partial charge is 0.212 e. The van der Waals surface area contributed by atoms with Gasteiger partial charge in [0.15, 0.2) is 0 Å². The number of aromatic nitrogens is 1. The van der Waals surface area contributed by atoms with Crippen LogP contribution in [0.15, 0.2) is 40.8 Å². The highest BCUT2D eigenvalue weighted by Gasteiger charge is 2.02. The largest absolute Gasteiger partial charge is 0.320 e. The van der Waals surface area contributed by atoms with E-state index in [0.717, 1.165) is 16.2 Å². The summed E-state index contributed by atoms with van der Waals surface area (Å²) >= 11 is 1.54. The van der Waals surface area contributed by atoms with Gasteiger partial charge >= 0.3 is 0 Å². The third kappa shape index (κ3) is 1.44. The molecule has 14 heavy (non-hydrogen) atoms.